The van der Waals surface area contributed by atoms with Crippen LogP contribution in [0.1, 0.15) is 0 Å². The van der Waals surface area contributed by atoms with E-state index in [0.29, 0.717) is 25.3 Å². The van der Waals surface area contributed by atoms with Gasteiger partial charge in [-0.15, -0.1) is 0 Å². The van der Waals surface area contributed by atoms with Crippen molar-refractivity contribution in [2.45, 2.75) is 17.0 Å². The normalized spacial score (nSPS) is 26.9. The molecule has 2 aliphatic heterocycles. The van der Waals surface area contributed by atoms with Crippen LogP contribution in [0, 0.1) is 5.82 Å². The summed E-state index contributed by atoms with van der Waals surface area (Å²) in [5, 5.41) is 10.1. The van der Waals surface area contributed by atoms with Crippen molar-refractivity contribution in [2.24, 2.45) is 0 Å². The van der Waals surface area contributed by atoms with E-state index in [4.69, 9.17) is 0 Å². The molecule has 1 N–H and O–H groups in total. The Morgan fingerprint density at radius 2 is 1.83 bits per heavy atom. The third-order valence-electron chi connectivity index (χ3n) is 4.91. The molecule has 2 aliphatic rings. The van der Waals surface area contributed by atoms with Gasteiger partial charge >= 0.3 is 0 Å². The molecule has 2 heterocycles. The van der Waals surface area contributed by atoms with Gasteiger partial charge in [0.25, 0.3) is 0 Å². The predicted octanol–water partition coefficient (Wildman–Crippen LogP) is 0.0261. The number of aliphatic hydroxyl groups is 1. The number of benzene rings is 1. The van der Waals surface area contributed by atoms with Gasteiger partial charge in [0.15, 0.2) is 9.84 Å². The molecule has 0 spiro atoms. The van der Waals surface area contributed by atoms with Crippen LogP contribution in [-0.2, 0) is 9.84 Å². The standard InChI is InChI=1S/C16H24FN3O3S/c1-18-10-15(16(21)11-18)20-7-5-19(6-8-20)14-4-3-12(9-13(14)17)24(2,22)23/h3-4,9,15-16,21H,5-8,10-11H2,1-2H3/t15-,16-/m0/s1. The minimum absolute atomic E-state index is 0.000462. The topological polar surface area (TPSA) is 64.1 Å². The Hall–Kier alpha value is -1.22. The minimum Gasteiger partial charge on any atom is -0.390 e. The van der Waals surface area contributed by atoms with E-state index in [-0.39, 0.29) is 17.0 Å². The highest BCUT2D eigenvalue weighted by Gasteiger charge is 2.35. The summed E-state index contributed by atoms with van der Waals surface area (Å²) >= 11 is 0. The molecule has 2 fully saturated rings. The van der Waals surface area contributed by atoms with E-state index in [1.54, 1.807) is 6.07 Å². The third-order valence-corrected chi connectivity index (χ3v) is 6.02. The molecule has 0 radical (unpaired) electrons. The van der Waals surface area contributed by atoms with Gasteiger partial charge in [-0.2, -0.15) is 0 Å². The molecule has 24 heavy (non-hydrogen) atoms. The first-order chi connectivity index (χ1) is 11.3. The summed E-state index contributed by atoms with van der Waals surface area (Å²) in [5.74, 6) is -0.507. The van der Waals surface area contributed by atoms with E-state index in [1.165, 1.54) is 6.07 Å². The Kier molecular flexibility index (Phi) is 4.83. The van der Waals surface area contributed by atoms with Crippen LogP contribution in [0.15, 0.2) is 23.1 Å². The average Bonchev–Trinajstić information content (AvgIpc) is 2.85. The van der Waals surface area contributed by atoms with Crippen LogP contribution >= 0.6 is 0 Å². The van der Waals surface area contributed by atoms with Gasteiger partial charge in [0.1, 0.15) is 5.82 Å². The van der Waals surface area contributed by atoms with Crippen molar-refractivity contribution in [1.82, 2.24) is 9.80 Å². The number of halogens is 1. The molecule has 3 rings (SSSR count). The van der Waals surface area contributed by atoms with Crippen LogP contribution in [-0.4, -0.2) is 88.0 Å². The van der Waals surface area contributed by atoms with Crippen molar-refractivity contribution in [3.05, 3.63) is 24.0 Å². The van der Waals surface area contributed by atoms with Gasteiger partial charge in [-0.1, -0.05) is 0 Å². The molecule has 134 valence electrons. The van der Waals surface area contributed by atoms with Gasteiger partial charge in [0.2, 0.25) is 0 Å². The number of nitrogens with zero attached hydrogens (tertiary/aromatic N) is 3. The number of aliphatic hydroxyl groups excluding tert-OH is 1. The highest BCUT2D eigenvalue weighted by atomic mass is 32.2. The fraction of sp³-hybridized carbons (Fsp3) is 0.625. The summed E-state index contributed by atoms with van der Waals surface area (Å²) < 4.78 is 37.3. The zero-order chi connectivity index (χ0) is 17.5. The number of rotatable bonds is 3. The molecule has 0 aliphatic carbocycles. The monoisotopic (exact) mass is 357 g/mol. The maximum atomic E-state index is 14.3. The van der Waals surface area contributed by atoms with E-state index in [9.17, 15) is 17.9 Å². The number of anilines is 1. The quantitative estimate of drug-likeness (QED) is 0.823. The number of hydrogen-bond acceptors (Lipinski definition) is 6. The second-order valence-electron chi connectivity index (χ2n) is 6.76. The van der Waals surface area contributed by atoms with Gasteiger partial charge in [-0.3, -0.25) is 4.90 Å². The lowest BCUT2D eigenvalue weighted by atomic mass is 10.1. The van der Waals surface area contributed by atoms with Crippen molar-refractivity contribution < 1.29 is 17.9 Å². The largest absolute Gasteiger partial charge is 0.390 e. The molecule has 0 unspecified atom stereocenters. The summed E-state index contributed by atoms with van der Waals surface area (Å²) in [4.78, 5) is 6.31. The Bertz CT molecular complexity index is 705. The summed E-state index contributed by atoms with van der Waals surface area (Å²) in [6, 6.07) is 4.22. The van der Waals surface area contributed by atoms with Crippen LogP contribution in [0.3, 0.4) is 0 Å². The van der Waals surface area contributed by atoms with Gasteiger partial charge in [0, 0.05) is 51.6 Å². The molecule has 8 heteroatoms. The summed E-state index contributed by atoms with van der Waals surface area (Å²) in [6.45, 7) is 4.35. The Morgan fingerprint density at radius 3 is 2.33 bits per heavy atom. The lowest BCUT2D eigenvalue weighted by Gasteiger charge is -2.39. The van der Waals surface area contributed by atoms with E-state index >= 15 is 0 Å². The Balaban J connectivity index is 1.67. The highest BCUT2D eigenvalue weighted by Crippen LogP contribution is 2.25. The first kappa shape index (κ1) is 17.6. The van der Waals surface area contributed by atoms with Crippen LogP contribution < -0.4 is 4.90 Å². The smallest absolute Gasteiger partial charge is 0.175 e. The average molecular weight is 357 g/mol. The minimum atomic E-state index is -3.40. The number of β-amino-alcohol motifs (C(OH)–C–C–N with tert-alkyl or cyclic N) is 1. The molecule has 6 nitrogen and oxygen atoms in total. The number of piperazine rings is 1. The number of sulfone groups is 1. The lowest BCUT2D eigenvalue weighted by Crippen LogP contribution is -2.53. The second-order valence-corrected chi connectivity index (χ2v) is 8.78. The first-order valence-corrected chi connectivity index (χ1v) is 10.00. The molecule has 0 saturated carbocycles. The zero-order valence-electron chi connectivity index (χ0n) is 14.0. The fourth-order valence-corrected chi connectivity index (χ4v) is 4.22. The van der Waals surface area contributed by atoms with Crippen LogP contribution in [0.2, 0.25) is 0 Å². The van der Waals surface area contributed by atoms with E-state index < -0.39 is 15.7 Å². The molecule has 2 saturated heterocycles. The number of likely N-dealkylation sites (N-methyl/N-ethyl adjacent to an activating group) is 1. The first-order valence-electron chi connectivity index (χ1n) is 8.11. The third kappa shape index (κ3) is 3.56. The zero-order valence-corrected chi connectivity index (χ0v) is 14.8. The highest BCUT2D eigenvalue weighted by molar-refractivity contribution is 7.90. The SMILES string of the molecule is CN1C[C@H](O)[C@@H](N2CCN(c3ccc(S(C)(=O)=O)cc3F)CC2)C1. The molecule has 0 bridgehead atoms. The van der Waals surface area contributed by atoms with Gasteiger partial charge in [-0.05, 0) is 25.2 Å². The van der Waals surface area contributed by atoms with Crippen molar-refractivity contribution >= 4 is 15.5 Å². The molecule has 2 atom stereocenters. The molecular weight excluding hydrogens is 333 g/mol. The predicted molar refractivity (Wildman–Crippen MR) is 90.6 cm³/mol. The van der Waals surface area contributed by atoms with Gasteiger partial charge in [0.05, 0.1) is 16.7 Å². The van der Waals surface area contributed by atoms with Gasteiger partial charge < -0.3 is 14.9 Å². The van der Waals surface area contributed by atoms with E-state index in [2.05, 4.69) is 9.80 Å². The molecule has 0 aromatic heterocycles. The molecule has 0 amide bonds. The summed E-state index contributed by atoms with van der Waals surface area (Å²) in [7, 11) is -1.41. The molecule has 1 aromatic carbocycles. The molecular formula is C16H24FN3O3S. The van der Waals surface area contributed by atoms with E-state index in [1.807, 2.05) is 11.9 Å². The van der Waals surface area contributed by atoms with Crippen molar-refractivity contribution in [1.29, 1.82) is 0 Å². The summed E-state index contributed by atoms with van der Waals surface area (Å²) in [5.41, 5.74) is 0.436. The Morgan fingerprint density at radius 1 is 1.17 bits per heavy atom. The fourth-order valence-electron chi connectivity index (χ4n) is 3.58. The van der Waals surface area contributed by atoms with Crippen LogP contribution in [0.5, 0.6) is 0 Å². The maximum Gasteiger partial charge on any atom is 0.175 e. The maximum absolute atomic E-state index is 14.3. The Labute approximate surface area is 142 Å². The lowest BCUT2D eigenvalue weighted by molar-refractivity contribution is 0.0790. The second kappa shape index (κ2) is 6.59. The van der Waals surface area contributed by atoms with Crippen LogP contribution in [0.4, 0.5) is 10.1 Å². The van der Waals surface area contributed by atoms with Crippen LogP contribution in [0.25, 0.3) is 0 Å². The van der Waals surface area contributed by atoms with Crippen molar-refractivity contribution in [3.8, 4) is 0 Å². The van der Waals surface area contributed by atoms with Crippen molar-refractivity contribution in [2.75, 3.05) is 57.5 Å². The number of hydrogen-bond donors (Lipinski definition) is 1. The van der Waals surface area contributed by atoms with E-state index in [0.717, 1.165) is 32.0 Å². The molecule has 1 aromatic rings. The van der Waals surface area contributed by atoms with Crippen molar-refractivity contribution in [3.63, 3.8) is 0 Å². The van der Waals surface area contributed by atoms with Gasteiger partial charge in [-0.25, -0.2) is 12.8 Å². The summed E-state index contributed by atoms with van der Waals surface area (Å²) in [6.07, 6.45) is 0.733. The number of likely N-dealkylation sites (tertiary alicyclic amines) is 1.